The fourth-order valence-corrected chi connectivity index (χ4v) is 3.16. The van der Waals surface area contributed by atoms with Gasteiger partial charge in [-0.05, 0) is 71.2 Å². The maximum absolute atomic E-state index is 5.69. The zero-order chi connectivity index (χ0) is 13.9. The number of nitrogens with zero attached hydrogens (tertiary/aromatic N) is 2. The third kappa shape index (κ3) is 7.91. The molecule has 3 heteroatoms. The minimum absolute atomic E-state index is 0.857. The number of likely N-dealkylation sites (N-methyl/N-ethyl adjacent to an activating group) is 1. The van der Waals surface area contributed by atoms with Crippen LogP contribution in [-0.4, -0.2) is 56.1 Å². The van der Waals surface area contributed by atoms with Crippen molar-refractivity contribution in [2.75, 3.05) is 46.3 Å². The standard InChI is InChI=1S/C16H35N3/c1-3-7-16(9-10-17)8-6-11-18(2)14-15-19-12-4-5-13-19/h16H,3-15,17H2,1-2H3. The molecule has 0 aromatic rings. The molecule has 1 rings (SSSR count). The van der Waals surface area contributed by atoms with Gasteiger partial charge in [-0.2, -0.15) is 0 Å². The van der Waals surface area contributed by atoms with Crippen LogP contribution in [0.25, 0.3) is 0 Å². The summed E-state index contributed by atoms with van der Waals surface area (Å²) >= 11 is 0. The van der Waals surface area contributed by atoms with Gasteiger partial charge in [-0.3, -0.25) is 0 Å². The summed E-state index contributed by atoms with van der Waals surface area (Å²) in [6.45, 7) is 9.53. The van der Waals surface area contributed by atoms with Gasteiger partial charge in [-0.15, -0.1) is 0 Å². The molecule has 1 atom stereocenters. The molecule has 0 radical (unpaired) electrons. The van der Waals surface area contributed by atoms with Crippen molar-refractivity contribution < 1.29 is 0 Å². The largest absolute Gasteiger partial charge is 0.330 e. The highest BCUT2D eigenvalue weighted by molar-refractivity contribution is 4.68. The second-order valence-electron chi connectivity index (χ2n) is 6.23. The Kier molecular flexibility index (Phi) is 9.48. The van der Waals surface area contributed by atoms with Crippen molar-refractivity contribution in [3.63, 3.8) is 0 Å². The number of hydrogen-bond acceptors (Lipinski definition) is 3. The van der Waals surface area contributed by atoms with Crippen molar-refractivity contribution in [2.45, 2.75) is 51.9 Å². The van der Waals surface area contributed by atoms with Crippen LogP contribution in [0, 0.1) is 5.92 Å². The van der Waals surface area contributed by atoms with Crippen LogP contribution >= 0.6 is 0 Å². The smallest absolute Gasteiger partial charge is 0.0109 e. The fraction of sp³-hybridized carbons (Fsp3) is 1.00. The molecule has 0 bridgehead atoms. The summed E-state index contributed by atoms with van der Waals surface area (Å²) in [6, 6.07) is 0. The van der Waals surface area contributed by atoms with Crippen molar-refractivity contribution in [1.82, 2.24) is 9.80 Å². The topological polar surface area (TPSA) is 32.5 Å². The summed E-state index contributed by atoms with van der Waals surface area (Å²) in [5.74, 6) is 0.863. The Morgan fingerprint density at radius 1 is 1.11 bits per heavy atom. The van der Waals surface area contributed by atoms with Crippen LogP contribution in [0.3, 0.4) is 0 Å². The molecule has 1 aliphatic heterocycles. The average Bonchev–Trinajstić information content (AvgIpc) is 2.90. The number of rotatable bonds is 11. The number of nitrogens with two attached hydrogens (primary N) is 1. The zero-order valence-electron chi connectivity index (χ0n) is 13.2. The van der Waals surface area contributed by atoms with E-state index in [0.29, 0.717) is 0 Å². The normalized spacial score (nSPS) is 18.3. The van der Waals surface area contributed by atoms with Crippen LogP contribution in [0.15, 0.2) is 0 Å². The lowest BCUT2D eigenvalue weighted by Crippen LogP contribution is -2.32. The molecule has 0 aromatic heterocycles. The molecule has 1 saturated heterocycles. The lowest BCUT2D eigenvalue weighted by molar-refractivity contribution is 0.248. The van der Waals surface area contributed by atoms with Crippen LogP contribution in [0.5, 0.6) is 0 Å². The van der Waals surface area contributed by atoms with Gasteiger partial charge in [0.15, 0.2) is 0 Å². The Labute approximate surface area is 120 Å². The average molecular weight is 269 g/mol. The first-order chi connectivity index (χ1) is 9.26. The van der Waals surface area contributed by atoms with Gasteiger partial charge in [0.1, 0.15) is 0 Å². The molecule has 2 N–H and O–H groups in total. The van der Waals surface area contributed by atoms with Gasteiger partial charge < -0.3 is 15.5 Å². The third-order valence-electron chi connectivity index (χ3n) is 4.42. The summed E-state index contributed by atoms with van der Waals surface area (Å²) in [4.78, 5) is 5.11. The van der Waals surface area contributed by atoms with Crippen LogP contribution in [0.2, 0.25) is 0 Å². The monoisotopic (exact) mass is 269 g/mol. The molecular weight excluding hydrogens is 234 g/mol. The quantitative estimate of drug-likeness (QED) is 0.626. The first kappa shape index (κ1) is 16.9. The summed E-state index contributed by atoms with van der Waals surface area (Å²) in [7, 11) is 2.27. The maximum atomic E-state index is 5.69. The maximum Gasteiger partial charge on any atom is 0.0109 e. The molecule has 19 heavy (non-hydrogen) atoms. The highest BCUT2D eigenvalue weighted by atomic mass is 15.2. The van der Waals surface area contributed by atoms with Crippen LogP contribution < -0.4 is 5.73 Å². The highest BCUT2D eigenvalue weighted by Crippen LogP contribution is 2.17. The van der Waals surface area contributed by atoms with Gasteiger partial charge in [0.2, 0.25) is 0 Å². The van der Waals surface area contributed by atoms with Gasteiger partial charge in [0.25, 0.3) is 0 Å². The zero-order valence-corrected chi connectivity index (χ0v) is 13.2. The van der Waals surface area contributed by atoms with Crippen molar-refractivity contribution in [2.24, 2.45) is 11.7 Å². The van der Waals surface area contributed by atoms with E-state index in [1.54, 1.807) is 0 Å². The first-order valence-corrected chi connectivity index (χ1v) is 8.37. The molecular formula is C16H35N3. The van der Waals surface area contributed by atoms with Crippen molar-refractivity contribution in [3.05, 3.63) is 0 Å². The lowest BCUT2D eigenvalue weighted by Gasteiger charge is -2.22. The molecule has 3 nitrogen and oxygen atoms in total. The van der Waals surface area contributed by atoms with Crippen LogP contribution in [-0.2, 0) is 0 Å². The molecule has 114 valence electrons. The molecule has 1 unspecified atom stereocenters. The van der Waals surface area contributed by atoms with E-state index in [9.17, 15) is 0 Å². The third-order valence-corrected chi connectivity index (χ3v) is 4.42. The summed E-state index contributed by atoms with van der Waals surface area (Å²) in [5, 5.41) is 0. The summed E-state index contributed by atoms with van der Waals surface area (Å²) < 4.78 is 0. The minimum Gasteiger partial charge on any atom is -0.330 e. The lowest BCUT2D eigenvalue weighted by atomic mass is 9.94. The first-order valence-electron chi connectivity index (χ1n) is 8.37. The Hall–Kier alpha value is -0.120. The van der Waals surface area contributed by atoms with Gasteiger partial charge in [0, 0.05) is 13.1 Å². The van der Waals surface area contributed by atoms with E-state index in [0.717, 1.165) is 12.5 Å². The Morgan fingerprint density at radius 2 is 1.84 bits per heavy atom. The molecule has 0 saturated carbocycles. The summed E-state index contributed by atoms with van der Waals surface area (Å²) in [5.41, 5.74) is 5.69. The Morgan fingerprint density at radius 3 is 2.47 bits per heavy atom. The van der Waals surface area contributed by atoms with Gasteiger partial charge in [-0.25, -0.2) is 0 Å². The van der Waals surface area contributed by atoms with Crippen molar-refractivity contribution >= 4 is 0 Å². The molecule has 1 aliphatic rings. The van der Waals surface area contributed by atoms with E-state index in [-0.39, 0.29) is 0 Å². The van der Waals surface area contributed by atoms with E-state index in [2.05, 4.69) is 23.8 Å². The van der Waals surface area contributed by atoms with Crippen molar-refractivity contribution in [1.29, 1.82) is 0 Å². The predicted octanol–water partition coefficient (Wildman–Crippen LogP) is 2.56. The molecule has 0 aromatic carbocycles. The van der Waals surface area contributed by atoms with Crippen LogP contribution in [0.4, 0.5) is 0 Å². The predicted molar refractivity (Wildman–Crippen MR) is 84.5 cm³/mol. The molecule has 1 fully saturated rings. The SMILES string of the molecule is CCCC(CCN)CCCN(C)CCN1CCCC1. The number of likely N-dealkylation sites (tertiary alicyclic amines) is 1. The molecule has 1 heterocycles. The van der Waals surface area contributed by atoms with E-state index < -0.39 is 0 Å². The van der Waals surface area contributed by atoms with Gasteiger partial charge in [0.05, 0.1) is 0 Å². The minimum atomic E-state index is 0.857. The fourth-order valence-electron chi connectivity index (χ4n) is 3.16. The second kappa shape index (κ2) is 10.6. The Bertz CT molecular complexity index is 196. The van der Waals surface area contributed by atoms with Crippen molar-refractivity contribution in [3.8, 4) is 0 Å². The van der Waals surface area contributed by atoms with E-state index in [4.69, 9.17) is 5.73 Å². The molecule has 0 aliphatic carbocycles. The van der Waals surface area contributed by atoms with Gasteiger partial charge in [-0.1, -0.05) is 19.8 Å². The Balaban J connectivity index is 2.02. The van der Waals surface area contributed by atoms with E-state index in [1.807, 2.05) is 0 Å². The van der Waals surface area contributed by atoms with Gasteiger partial charge >= 0.3 is 0 Å². The van der Waals surface area contributed by atoms with Crippen LogP contribution in [0.1, 0.15) is 51.9 Å². The molecule has 0 spiro atoms. The molecule has 0 amide bonds. The second-order valence-corrected chi connectivity index (χ2v) is 6.23. The van der Waals surface area contributed by atoms with E-state index in [1.165, 1.54) is 77.7 Å². The highest BCUT2D eigenvalue weighted by Gasteiger charge is 2.12. The number of hydrogen-bond donors (Lipinski definition) is 1. The summed E-state index contributed by atoms with van der Waals surface area (Å²) in [6.07, 6.45) is 9.37. The van der Waals surface area contributed by atoms with E-state index >= 15 is 0 Å².